The molecule has 1 aromatic heterocycles. The van der Waals surface area contributed by atoms with Crippen LogP contribution in [0.25, 0.3) is 5.69 Å². The van der Waals surface area contributed by atoms with Crippen LogP contribution < -0.4 is 0 Å². The van der Waals surface area contributed by atoms with E-state index >= 15 is 0 Å². The first-order chi connectivity index (χ1) is 7.49. The Hall–Kier alpha value is -1.28. The summed E-state index contributed by atoms with van der Waals surface area (Å²) < 4.78 is 1.81. The first-order valence-corrected chi connectivity index (χ1v) is 5.67. The van der Waals surface area contributed by atoms with E-state index < -0.39 is 0 Å². The molecule has 2 nitrogen and oxygen atoms in total. The number of nitrogens with zero attached hydrogens (tertiary/aromatic N) is 2. The molecule has 0 saturated carbocycles. The molecule has 2 aromatic rings. The van der Waals surface area contributed by atoms with Crippen molar-refractivity contribution < 1.29 is 0 Å². The number of aryl methyl sites for hydroxylation is 4. The van der Waals surface area contributed by atoms with Crippen LogP contribution in [0, 0.1) is 27.7 Å². The van der Waals surface area contributed by atoms with E-state index in [0.717, 1.165) is 11.4 Å². The van der Waals surface area contributed by atoms with Gasteiger partial charge in [-0.2, -0.15) is 5.10 Å². The second-order valence-corrected chi connectivity index (χ2v) is 4.65. The molecule has 0 amide bonds. The van der Waals surface area contributed by atoms with Crippen molar-refractivity contribution in [1.29, 1.82) is 0 Å². The lowest BCUT2D eigenvalue weighted by Crippen LogP contribution is -2.03. The Morgan fingerprint density at radius 1 is 1.00 bits per heavy atom. The minimum atomic E-state index is 0.660. The summed E-state index contributed by atoms with van der Waals surface area (Å²) >= 11 is 6.16. The Labute approximate surface area is 101 Å². The third-order valence-corrected chi connectivity index (χ3v) is 2.90. The van der Waals surface area contributed by atoms with E-state index in [9.17, 15) is 0 Å². The third kappa shape index (κ3) is 1.85. The third-order valence-electron chi connectivity index (χ3n) is 2.64. The number of benzene rings is 1. The van der Waals surface area contributed by atoms with Crippen molar-refractivity contribution in [1.82, 2.24) is 9.78 Å². The minimum absolute atomic E-state index is 0.660. The minimum Gasteiger partial charge on any atom is -0.221 e. The van der Waals surface area contributed by atoms with Gasteiger partial charge in [-0.1, -0.05) is 29.3 Å². The second kappa shape index (κ2) is 3.95. The van der Waals surface area contributed by atoms with Gasteiger partial charge in [0.05, 0.1) is 11.4 Å². The van der Waals surface area contributed by atoms with Crippen molar-refractivity contribution in [2.45, 2.75) is 27.7 Å². The van der Waals surface area contributed by atoms with Crippen LogP contribution in [-0.4, -0.2) is 9.78 Å². The van der Waals surface area contributed by atoms with Gasteiger partial charge in [-0.05, 0) is 44.9 Å². The van der Waals surface area contributed by atoms with Gasteiger partial charge in [-0.3, -0.25) is 0 Å². The fourth-order valence-corrected chi connectivity index (χ4v) is 2.41. The van der Waals surface area contributed by atoms with Gasteiger partial charge in [-0.15, -0.1) is 0 Å². The molecule has 16 heavy (non-hydrogen) atoms. The molecule has 0 unspecified atom stereocenters. The number of aromatic nitrogens is 2. The highest BCUT2D eigenvalue weighted by Gasteiger charge is 2.10. The van der Waals surface area contributed by atoms with Crippen molar-refractivity contribution in [3.05, 3.63) is 45.7 Å². The number of hydrogen-bond donors (Lipinski definition) is 0. The predicted molar refractivity (Wildman–Crippen MR) is 67.5 cm³/mol. The summed E-state index contributed by atoms with van der Waals surface area (Å²) in [5.41, 5.74) is 5.68. The molecule has 0 saturated heterocycles. The molecule has 2 rings (SSSR count). The molecule has 0 atom stereocenters. The Balaban J connectivity index is 2.69. The molecule has 0 spiro atoms. The van der Waals surface area contributed by atoms with Crippen LogP contribution in [0.15, 0.2) is 18.2 Å². The van der Waals surface area contributed by atoms with Crippen molar-refractivity contribution in [2.75, 3.05) is 0 Å². The molecule has 0 N–H and O–H groups in total. The summed E-state index contributed by atoms with van der Waals surface area (Å²) in [5, 5.41) is 5.08. The lowest BCUT2D eigenvalue weighted by Gasteiger charge is -2.12. The van der Waals surface area contributed by atoms with Gasteiger partial charge in [0, 0.05) is 0 Å². The smallest absolute Gasteiger partial charge is 0.133 e. The van der Waals surface area contributed by atoms with Crippen LogP contribution in [0.2, 0.25) is 5.15 Å². The fourth-order valence-electron chi connectivity index (χ4n) is 2.13. The van der Waals surface area contributed by atoms with Gasteiger partial charge < -0.3 is 0 Å². The van der Waals surface area contributed by atoms with Gasteiger partial charge in [0.2, 0.25) is 0 Å². The van der Waals surface area contributed by atoms with Gasteiger partial charge in [0.1, 0.15) is 5.15 Å². The van der Waals surface area contributed by atoms with Gasteiger partial charge in [0.15, 0.2) is 0 Å². The van der Waals surface area contributed by atoms with E-state index in [1.165, 1.54) is 16.7 Å². The topological polar surface area (TPSA) is 17.8 Å². The molecule has 0 bridgehead atoms. The van der Waals surface area contributed by atoms with Gasteiger partial charge >= 0.3 is 0 Å². The maximum absolute atomic E-state index is 6.16. The van der Waals surface area contributed by atoms with Crippen molar-refractivity contribution in [2.24, 2.45) is 0 Å². The first kappa shape index (κ1) is 11.2. The summed E-state index contributed by atoms with van der Waals surface area (Å²) in [4.78, 5) is 0. The lowest BCUT2D eigenvalue weighted by atomic mass is 10.1. The van der Waals surface area contributed by atoms with Crippen LogP contribution >= 0.6 is 11.6 Å². The number of halogens is 1. The Bertz CT molecular complexity index is 518. The monoisotopic (exact) mass is 234 g/mol. The summed E-state index contributed by atoms with van der Waals surface area (Å²) in [6.45, 7) is 8.21. The first-order valence-electron chi connectivity index (χ1n) is 5.29. The van der Waals surface area contributed by atoms with E-state index in [1.54, 1.807) is 4.68 Å². The normalized spacial score (nSPS) is 10.8. The van der Waals surface area contributed by atoms with E-state index in [2.05, 4.69) is 38.0 Å². The Kier molecular flexibility index (Phi) is 2.76. The highest BCUT2D eigenvalue weighted by atomic mass is 35.5. The molecular formula is C13H15ClN2. The molecule has 0 aliphatic heterocycles. The average molecular weight is 235 g/mol. The average Bonchev–Trinajstić information content (AvgIpc) is 2.43. The molecule has 0 fully saturated rings. The summed E-state index contributed by atoms with van der Waals surface area (Å²) in [5.74, 6) is 0. The zero-order chi connectivity index (χ0) is 11.9. The largest absolute Gasteiger partial charge is 0.221 e. The molecule has 0 aliphatic rings. The maximum atomic E-state index is 6.16. The zero-order valence-electron chi connectivity index (χ0n) is 10.0. The predicted octanol–water partition coefficient (Wildman–Crippen LogP) is 3.76. The van der Waals surface area contributed by atoms with Crippen LogP contribution in [0.4, 0.5) is 0 Å². The highest BCUT2D eigenvalue weighted by molar-refractivity contribution is 6.29. The Morgan fingerprint density at radius 2 is 1.56 bits per heavy atom. The quantitative estimate of drug-likeness (QED) is 0.735. The fraction of sp³-hybridized carbons (Fsp3) is 0.308. The van der Waals surface area contributed by atoms with Crippen molar-refractivity contribution in [3.8, 4) is 5.69 Å². The summed E-state index contributed by atoms with van der Waals surface area (Å²) in [6.07, 6.45) is 0. The van der Waals surface area contributed by atoms with Crippen molar-refractivity contribution in [3.63, 3.8) is 0 Å². The molecule has 0 radical (unpaired) electrons. The summed E-state index contributed by atoms with van der Waals surface area (Å²) in [7, 11) is 0. The van der Waals surface area contributed by atoms with E-state index in [1.807, 2.05) is 13.0 Å². The van der Waals surface area contributed by atoms with E-state index in [0.29, 0.717) is 5.15 Å². The molecule has 1 heterocycles. The standard InChI is InChI=1S/C13H15ClN2/c1-8-5-9(2)13(10(3)6-8)16-12(14)7-11(4)15-16/h5-7H,1-4H3. The number of hydrogen-bond acceptors (Lipinski definition) is 1. The molecule has 1 aromatic carbocycles. The summed E-state index contributed by atoms with van der Waals surface area (Å²) in [6, 6.07) is 6.17. The van der Waals surface area contributed by atoms with E-state index in [-0.39, 0.29) is 0 Å². The number of rotatable bonds is 1. The molecule has 3 heteroatoms. The van der Waals surface area contributed by atoms with Gasteiger partial charge in [-0.25, -0.2) is 4.68 Å². The van der Waals surface area contributed by atoms with Gasteiger partial charge in [0.25, 0.3) is 0 Å². The zero-order valence-corrected chi connectivity index (χ0v) is 10.8. The molecule has 84 valence electrons. The van der Waals surface area contributed by atoms with Crippen LogP contribution in [-0.2, 0) is 0 Å². The maximum Gasteiger partial charge on any atom is 0.133 e. The van der Waals surface area contributed by atoms with E-state index in [4.69, 9.17) is 11.6 Å². The SMILES string of the molecule is Cc1cc(C)c(-n2nc(C)cc2Cl)c(C)c1. The highest BCUT2D eigenvalue weighted by Crippen LogP contribution is 2.24. The van der Waals surface area contributed by atoms with Crippen LogP contribution in [0.1, 0.15) is 22.4 Å². The molecular weight excluding hydrogens is 220 g/mol. The lowest BCUT2D eigenvalue weighted by molar-refractivity contribution is 0.848. The van der Waals surface area contributed by atoms with Crippen molar-refractivity contribution >= 4 is 11.6 Å². The van der Waals surface area contributed by atoms with Crippen LogP contribution in [0.3, 0.4) is 0 Å². The molecule has 0 aliphatic carbocycles. The second-order valence-electron chi connectivity index (χ2n) is 4.27. The van der Waals surface area contributed by atoms with Crippen LogP contribution in [0.5, 0.6) is 0 Å². The Morgan fingerprint density at radius 3 is 2.00 bits per heavy atom.